The first-order valence-electron chi connectivity index (χ1n) is 9.20. The number of furan rings is 1. The standard InChI is InChI=1S/C19H22N4O4/c1-21-16-6-2-5-14(16)15(20-21)11-22(10-13-4-3-9-27-13)19(26)12-23-17(24)7-8-18(23)25/h3-4,9H,2,5-8,10-12H2,1H3. The average Bonchev–Trinajstić information content (AvgIpc) is 3.40. The number of rotatable bonds is 6. The smallest absolute Gasteiger partial charge is 0.243 e. The lowest BCUT2D eigenvalue weighted by atomic mass is 10.2. The van der Waals surface area contributed by atoms with Crippen LogP contribution in [0, 0.1) is 0 Å². The van der Waals surface area contributed by atoms with Gasteiger partial charge in [-0.1, -0.05) is 0 Å². The molecular weight excluding hydrogens is 348 g/mol. The summed E-state index contributed by atoms with van der Waals surface area (Å²) in [6.07, 6.45) is 4.98. The Balaban J connectivity index is 1.55. The Morgan fingerprint density at radius 1 is 1.19 bits per heavy atom. The molecule has 4 rings (SSSR count). The number of aryl methyl sites for hydroxylation is 1. The molecule has 2 aromatic heterocycles. The van der Waals surface area contributed by atoms with Crippen molar-refractivity contribution in [3.63, 3.8) is 0 Å². The van der Waals surface area contributed by atoms with Gasteiger partial charge < -0.3 is 9.32 Å². The van der Waals surface area contributed by atoms with Crippen LogP contribution in [-0.4, -0.2) is 43.8 Å². The average molecular weight is 370 g/mol. The minimum Gasteiger partial charge on any atom is -0.467 e. The van der Waals surface area contributed by atoms with E-state index in [-0.39, 0.29) is 43.7 Å². The lowest BCUT2D eigenvalue weighted by Crippen LogP contribution is -2.42. The maximum atomic E-state index is 12.9. The fourth-order valence-electron chi connectivity index (χ4n) is 3.86. The van der Waals surface area contributed by atoms with Crippen LogP contribution in [0.1, 0.15) is 42.0 Å². The number of hydrogen-bond acceptors (Lipinski definition) is 5. The first kappa shape index (κ1) is 17.5. The van der Waals surface area contributed by atoms with Gasteiger partial charge in [-0.3, -0.25) is 24.0 Å². The largest absolute Gasteiger partial charge is 0.467 e. The summed E-state index contributed by atoms with van der Waals surface area (Å²) in [6.45, 7) is 0.375. The van der Waals surface area contributed by atoms with Crippen molar-refractivity contribution in [2.45, 2.75) is 45.2 Å². The molecule has 3 amide bonds. The molecule has 1 saturated heterocycles. The normalized spacial score (nSPS) is 16.3. The van der Waals surface area contributed by atoms with Crippen molar-refractivity contribution in [1.29, 1.82) is 0 Å². The molecule has 8 nitrogen and oxygen atoms in total. The Kier molecular flexibility index (Phi) is 4.55. The van der Waals surface area contributed by atoms with E-state index >= 15 is 0 Å². The van der Waals surface area contributed by atoms with Crippen molar-refractivity contribution in [3.8, 4) is 0 Å². The van der Waals surface area contributed by atoms with Crippen LogP contribution < -0.4 is 0 Å². The number of carbonyl (C=O) groups excluding carboxylic acids is 3. The van der Waals surface area contributed by atoms with Crippen molar-refractivity contribution >= 4 is 17.7 Å². The molecule has 142 valence electrons. The molecule has 1 fully saturated rings. The predicted octanol–water partition coefficient (Wildman–Crippen LogP) is 1.18. The van der Waals surface area contributed by atoms with Gasteiger partial charge in [0.05, 0.1) is 25.0 Å². The number of imide groups is 1. The molecule has 1 aliphatic carbocycles. The van der Waals surface area contributed by atoms with Gasteiger partial charge in [0.2, 0.25) is 17.7 Å². The third kappa shape index (κ3) is 3.39. The molecule has 2 aliphatic rings. The fourth-order valence-corrected chi connectivity index (χ4v) is 3.86. The van der Waals surface area contributed by atoms with Crippen LogP contribution in [0.25, 0.3) is 0 Å². The van der Waals surface area contributed by atoms with Gasteiger partial charge in [0.1, 0.15) is 12.3 Å². The van der Waals surface area contributed by atoms with Gasteiger partial charge in [0.25, 0.3) is 0 Å². The molecule has 8 heteroatoms. The van der Waals surface area contributed by atoms with Crippen molar-refractivity contribution < 1.29 is 18.8 Å². The van der Waals surface area contributed by atoms with Crippen molar-refractivity contribution in [2.24, 2.45) is 7.05 Å². The van der Waals surface area contributed by atoms with Crippen LogP contribution in [0.5, 0.6) is 0 Å². The summed E-state index contributed by atoms with van der Waals surface area (Å²) in [5.41, 5.74) is 3.31. The van der Waals surface area contributed by atoms with Crippen molar-refractivity contribution in [1.82, 2.24) is 19.6 Å². The van der Waals surface area contributed by atoms with E-state index in [1.54, 1.807) is 23.3 Å². The highest BCUT2D eigenvalue weighted by atomic mass is 16.3. The Morgan fingerprint density at radius 2 is 1.96 bits per heavy atom. The van der Waals surface area contributed by atoms with E-state index < -0.39 is 0 Å². The lowest BCUT2D eigenvalue weighted by molar-refractivity contribution is -0.146. The molecule has 0 N–H and O–H groups in total. The summed E-state index contributed by atoms with van der Waals surface area (Å²) in [4.78, 5) is 39.3. The summed E-state index contributed by atoms with van der Waals surface area (Å²) < 4.78 is 7.28. The molecule has 0 aromatic carbocycles. The van der Waals surface area contributed by atoms with Gasteiger partial charge in [0, 0.05) is 25.6 Å². The molecule has 3 heterocycles. The Bertz CT molecular complexity index is 868. The van der Waals surface area contributed by atoms with E-state index in [4.69, 9.17) is 4.42 Å². The topological polar surface area (TPSA) is 88.7 Å². The maximum absolute atomic E-state index is 12.9. The second-order valence-corrected chi connectivity index (χ2v) is 7.05. The minimum atomic E-state index is -0.287. The monoisotopic (exact) mass is 370 g/mol. The number of amides is 3. The van der Waals surface area contributed by atoms with E-state index in [9.17, 15) is 14.4 Å². The zero-order valence-electron chi connectivity index (χ0n) is 15.3. The highest BCUT2D eigenvalue weighted by Crippen LogP contribution is 2.26. The number of nitrogens with zero attached hydrogens (tertiary/aromatic N) is 4. The van der Waals surface area contributed by atoms with E-state index in [1.807, 2.05) is 11.7 Å². The first-order valence-corrected chi connectivity index (χ1v) is 9.20. The quantitative estimate of drug-likeness (QED) is 0.713. The van der Waals surface area contributed by atoms with E-state index in [0.717, 1.165) is 29.9 Å². The molecule has 0 unspecified atom stereocenters. The third-order valence-corrected chi connectivity index (χ3v) is 5.27. The molecule has 0 atom stereocenters. The van der Waals surface area contributed by atoms with Gasteiger partial charge >= 0.3 is 0 Å². The summed E-state index contributed by atoms with van der Waals surface area (Å²) in [5, 5.41) is 4.59. The Morgan fingerprint density at radius 3 is 2.67 bits per heavy atom. The van der Waals surface area contributed by atoms with Gasteiger partial charge in [-0.05, 0) is 37.0 Å². The highest BCUT2D eigenvalue weighted by molar-refractivity contribution is 6.04. The third-order valence-electron chi connectivity index (χ3n) is 5.27. The maximum Gasteiger partial charge on any atom is 0.243 e. The lowest BCUT2D eigenvalue weighted by Gasteiger charge is -2.23. The fraction of sp³-hybridized carbons (Fsp3) is 0.474. The van der Waals surface area contributed by atoms with Crippen molar-refractivity contribution in [3.05, 3.63) is 41.1 Å². The molecular formula is C19H22N4O4. The van der Waals surface area contributed by atoms with Crippen LogP contribution in [-0.2, 0) is 47.4 Å². The van der Waals surface area contributed by atoms with Gasteiger partial charge in [0.15, 0.2) is 0 Å². The Labute approximate surface area is 156 Å². The van der Waals surface area contributed by atoms with Crippen LogP contribution in [0.15, 0.2) is 22.8 Å². The zero-order chi connectivity index (χ0) is 19.0. The van der Waals surface area contributed by atoms with Crippen LogP contribution in [0.2, 0.25) is 0 Å². The predicted molar refractivity (Wildman–Crippen MR) is 94.1 cm³/mol. The zero-order valence-corrected chi connectivity index (χ0v) is 15.3. The second-order valence-electron chi connectivity index (χ2n) is 7.05. The minimum absolute atomic E-state index is 0.179. The van der Waals surface area contributed by atoms with Gasteiger partial charge in [-0.25, -0.2) is 0 Å². The second kappa shape index (κ2) is 7.02. The van der Waals surface area contributed by atoms with Gasteiger partial charge in [-0.2, -0.15) is 5.10 Å². The molecule has 27 heavy (non-hydrogen) atoms. The van der Waals surface area contributed by atoms with Crippen LogP contribution in [0.3, 0.4) is 0 Å². The Hall–Kier alpha value is -2.90. The molecule has 0 spiro atoms. The number of carbonyl (C=O) groups is 3. The molecule has 1 aliphatic heterocycles. The summed E-state index contributed by atoms with van der Waals surface area (Å²) in [7, 11) is 1.92. The van der Waals surface area contributed by atoms with Gasteiger partial charge in [-0.15, -0.1) is 0 Å². The summed E-state index contributed by atoms with van der Waals surface area (Å²) in [6, 6.07) is 3.57. The van der Waals surface area contributed by atoms with E-state index in [0.29, 0.717) is 12.3 Å². The summed E-state index contributed by atoms with van der Waals surface area (Å²) >= 11 is 0. The number of hydrogen-bond donors (Lipinski definition) is 0. The molecule has 0 radical (unpaired) electrons. The van der Waals surface area contributed by atoms with Crippen LogP contribution in [0.4, 0.5) is 0 Å². The SMILES string of the molecule is Cn1nc(CN(Cc2ccco2)C(=O)CN2C(=O)CCC2=O)c2c1CCC2. The summed E-state index contributed by atoms with van der Waals surface area (Å²) in [5.74, 6) is -0.211. The van der Waals surface area contributed by atoms with Crippen LogP contribution >= 0.6 is 0 Å². The van der Waals surface area contributed by atoms with E-state index in [2.05, 4.69) is 5.10 Å². The molecule has 0 bridgehead atoms. The molecule has 2 aromatic rings. The molecule has 0 saturated carbocycles. The van der Waals surface area contributed by atoms with E-state index in [1.165, 1.54) is 11.3 Å². The number of fused-ring (bicyclic) bond motifs is 1. The first-order chi connectivity index (χ1) is 13.0. The number of likely N-dealkylation sites (tertiary alicyclic amines) is 1. The number of aromatic nitrogens is 2. The highest BCUT2D eigenvalue weighted by Gasteiger charge is 2.32. The van der Waals surface area contributed by atoms with Crippen molar-refractivity contribution in [2.75, 3.05) is 6.54 Å².